The Kier molecular flexibility index (Phi) is 7.69. The first-order valence-corrected chi connectivity index (χ1v) is 12.5. The molecule has 0 aliphatic carbocycles. The highest BCUT2D eigenvalue weighted by Gasteiger charge is 2.11. The SMILES string of the molecule is CCCCCCC#Cc1ccc2ccc3c(C#CCCCCCC)ccc4ccc1c2c43. The van der Waals surface area contributed by atoms with Gasteiger partial charge in [0.25, 0.3) is 0 Å². The van der Waals surface area contributed by atoms with Gasteiger partial charge in [0.15, 0.2) is 0 Å². The zero-order chi connectivity index (χ0) is 22.2. The van der Waals surface area contributed by atoms with Crippen molar-refractivity contribution in [3.8, 4) is 23.7 Å². The van der Waals surface area contributed by atoms with Gasteiger partial charge in [0.05, 0.1) is 0 Å². The Bertz CT molecular complexity index is 1200. The summed E-state index contributed by atoms with van der Waals surface area (Å²) in [6.45, 7) is 4.50. The van der Waals surface area contributed by atoms with Crippen LogP contribution >= 0.6 is 0 Å². The van der Waals surface area contributed by atoms with E-state index in [1.54, 1.807) is 0 Å². The van der Waals surface area contributed by atoms with Crippen LogP contribution in [0, 0.1) is 23.7 Å². The molecule has 0 amide bonds. The molecule has 32 heavy (non-hydrogen) atoms. The average molecular weight is 419 g/mol. The van der Waals surface area contributed by atoms with Crippen molar-refractivity contribution in [2.75, 3.05) is 0 Å². The lowest BCUT2D eigenvalue weighted by Gasteiger charge is -2.13. The van der Waals surface area contributed by atoms with Crippen LogP contribution in [0.2, 0.25) is 0 Å². The van der Waals surface area contributed by atoms with E-state index in [9.17, 15) is 0 Å². The predicted octanol–water partition coefficient (Wildman–Crippen LogP) is 9.23. The summed E-state index contributed by atoms with van der Waals surface area (Å²) >= 11 is 0. The quantitative estimate of drug-likeness (QED) is 0.152. The highest BCUT2D eigenvalue weighted by molar-refractivity contribution is 6.24. The van der Waals surface area contributed by atoms with E-state index >= 15 is 0 Å². The molecule has 4 rings (SSSR count). The van der Waals surface area contributed by atoms with Crippen LogP contribution in [0.15, 0.2) is 48.5 Å². The van der Waals surface area contributed by atoms with Crippen molar-refractivity contribution in [2.45, 2.75) is 78.1 Å². The second kappa shape index (κ2) is 11.1. The zero-order valence-corrected chi connectivity index (χ0v) is 19.7. The molecule has 0 atom stereocenters. The number of hydrogen-bond acceptors (Lipinski definition) is 0. The Morgan fingerprint density at radius 3 is 1.38 bits per heavy atom. The van der Waals surface area contributed by atoms with E-state index in [4.69, 9.17) is 0 Å². The third-order valence-corrected chi connectivity index (χ3v) is 6.42. The van der Waals surface area contributed by atoms with E-state index in [-0.39, 0.29) is 0 Å². The van der Waals surface area contributed by atoms with Crippen molar-refractivity contribution in [3.05, 3.63) is 59.7 Å². The summed E-state index contributed by atoms with van der Waals surface area (Å²) < 4.78 is 0. The van der Waals surface area contributed by atoms with Gasteiger partial charge in [-0.2, -0.15) is 0 Å². The first-order chi connectivity index (χ1) is 15.8. The van der Waals surface area contributed by atoms with Crippen LogP contribution in [0.5, 0.6) is 0 Å². The summed E-state index contributed by atoms with van der Waals surface area (Å²) in [5.41, 5.74) is 2.30. The van der Waals surface area contributed by atoms with Crippen LogP contribution in [0.4, 0.5) is 0 Å². The first-order valence-electron chi connectivity index (χ1n) is 12.5. The summed E-state index contributed by atoms with van der Waals surface area (Å²) in [7, 11) is 0. The lowest BCUT2D eigenvalue weighted by molar-refractivity contribution is 0.679. The number of rotatable bonds is 8. The fourth-order valence-corrected chi connectivity index (χ4v) is 4.61. The molecule has 0 fully saturated rings. The van der Waals surface area contributed by atoms with E-state index < -0.39 is 0 Å². The topological polar surface area (TPSA) is 0 Å². The van der Waals surface area contributed by atoms with Gasteiger partial charge in [-0.3, -0.25) is 0 Å². The van der Waals surface area contributed by atoms with Gasteiger partial charge in [0.1, 0.15) is 0 Å². The van der Waals surface area contributed by atoms with Gasteiger partial charge >= 0.3 is 0 Å². The molecule has 0 aromatic heterocycles. The van der Waals surface area contributed by atoms with Crippen LogP contribution in [-0.2, 0) is 0 Å². The van der Waals surface area contributed by atoms with E-state index in [1.807, 2.05) is 0 Å². The van der Waals surface area contributed by atoms with Crippen LogP contribution < -0.4 is 0 Å². The third kappa shape index (κ3) is 4.92. The molecule has 0 heteroatoms. The number of unbranched alkanes of at least 4 members (excludes halogenated alkanes) is 8. The maximum atomic E-state index is 3.47. The minimum atomic E-state index is 0.986. The van der Waals surface area contributed by atoms with Gasteiger partial charge in [0, 0.05) is 24.0 Å². The Hall–Kier alpha value is -2.96. The minimum absolute atomic E-state index is 0.986. The number of hydrogen-bond donors (Lipinski definition) is 0. The molecule has 0 nitrogen and oxygen atoms in total. The fraction of sp³-hybridized carbons (Fsp3) is 0.375. The molecule has 0 aliphatic heterocycles. The van der Waals surface area contributed by atoms with Crippen LogP contribution in [0.1, 0.15) is 89.2 Å². The molecule has 0 saturated carbocycles. The van der Waals surface area contributed by atoms with Crippen molar-refractivity contribution in [1.29, 1.82) is 0 Å². The highest BCUT2D eigenvalue weighted by Crippen LogP contribution is 2.37. The maximum Gasteiger partial charge on any atom is 0.0324 e. The fourth-order valence-electron chi connectivity index (χ4n) is 4.61. The van der Waals surface area contributed by atoms with Crippen LogP contribution in [0.3, 0.4) is 0 Å². The molecule has 0 radical (unpaired) electrons. The molecule has 0 bridgehead atoms. The van der Waals surface area contributed by atoms with Gasteiger partial charge in [-0.25, -0.2) is 0 Å². The Morgan fingerprint density at radius 1 is 0.500 bits per heavy atom. The second-order valence-electron chi connectivity index (χ2n) is 8.87. The smallest absolute Gasteiger partial charge is 0.0324 e. The molecule has 0 saturated heterocycles. The van der Waals surface area contributed by atoms with Gasteiger partial charge in [-0.1, -0.05) is 112 Å². The van der Waals surface area contributed by atoms with Crippen molar-refractivity contribution in [1.82, 2.24) is 0 Å². The van der Waals surface area contributed by atoms with E-state index in [0.29, 0.717) is 0 Å². The molecule has 0 heterocycles. The summed E-state index contributed by atoms with van der Waals surface area (Å²) in [5.74, 6) is 13.8. The standard InChI is InChI=1S/C32H34/c1-3-5-7-9-11-13-15-25-17-19-27-22-24-30-26(16-14-12-10-8-6-4-2)18-20-28-21-23-29(25)31(27)32(28)30/h17-24H,3-12H2,1-2H3. The van der Waals surface area contributed by atoms with Crippen molar-refractivity contribution >= 4 is 32.3 Å². The highest BCUT2D eigenvalue weighted by atomic mass is 14.1. The van der Waals surface area contributed by atoms with E-state index in [1.165, 1.54) is 83.7 Å². The first kappa shape index (κ1) is 22.2. The third-order valence-electron chi connectivity index (χ3n) is 6.42. The Labute approximate surface area is 193 Å². The lowest BCUT2D eigenvalue weighted by Crippen LogP contribution is -1.89. The van der Waals surface area contributed by atoms with Crippen molar-refractivity contribution in [2.24, 2.45) is 0 Å². The Morgan fingerprint density at radius 2 is 0.938 bits per heavy atom. The maximum absolute atomic E-state index is 3.47. The largest absolute Gasteiger partial charge is 0.0979 e. The molecular weight excluding hydrogens is 384 g/mol. The monoisotopic (exact) mass is 418 g/mol. The van der Waals surface area contributed by atoms with Gasteiger partial charge in [-0.15, -0.1) is 0 Å². The molecule has 4 aromatic rings. The molecule has 0 spiro atoms. The molecule has 162 valence electrons. The summed E-state index contributed by atoms with van der Waals surface area (Å²) in [6.07, 6.45) is 12.1. The Balaban J connectivity index is 1.69. The van der Waals surface area contributed by atoms with Gasteiger partial charge in [0.2, 0.25) is 0 Å². The van der Waals surface area contributed by atoms with Gasteiger partial charge in [-0.05, 0) is 57.3 Å². The normalized spacial score (nSPS) is 10.9. The molecular formula is C32H34. The zero-order valence-electron chi connectivity index (χ0n) is 19.7. The molecule has 0 N–H and O–H groups in total. The van der Waals surface area contributed by atoms with Crippen LogP contribution in [0.25, 0.3) is 32.3 Å². The number of benzene rings is 4. The summed E-state index contributed by atoms with van der Waals surface area (Å²) in [4.78, 5) is 0. The minimum Gasteiger partial charge on any atom is -0.0979 e. The molecule has 0 unspecified atom stereocenters. The molecule has 0 aliphatic rings. The van der Waals surface area contributed by atoms with Crippen LogP contribution in [-0.4, -0.2) is 0 Å². The summed E-state index contributed by atoms with van der Waals surface area (Å²) in [6, 6.07) is 17.9. The summed E-state index contributed by atoms with van der Waals surface area (Å²) in [5, 5.41) is 7.79. The van der Waals surface area contributed by atoms with Crippen molar-refractivity contribution in [3.63, 3.8) is 0 Å². The second-order valence-corrected chi connectivity index (χ2v) is 8.87. The predicted molar refractivity (Wildman–Crippen MR) is 141 cm³/mol. The van der Waals surface area contributed by atoms with E-state index in [2.05, 4.69) is 86.1 Å². The average Bonchev–Trinajstić information content (AvgIpc) is 2.83. The van der Waals surface area contributed by atoms with E-state index in [0.717, 1.165) is 24.0 Å². The van der Waals surface area contributed by atoms with Gasteiger partial charge < -0.3 is 0 Å². The lowest BCUT2D eigenvalue weighted by atomic mass is 9.90. The molecule has 4 aromatic carbocycles. The van der Waals surface area contributed by atoms with Crippen molar-refractivity contribution < 1.29 is 0 Å².